The number of halogens is 2. The quantitative estimate of drug-likeness (QED) is 0.582. The number of aromatic amines is 1. The first-order valence-corrected chi connectivity index (χ1v) is 11.1. The maximum absolute atomic E-state index is 13.0. The molecule has 0 saturated carbocycles. The third-order valence-corrected chi connectivity index (χ3v) is 6.49. The van der Waals surface area contributed by atoms with Crippen LogP contribution in [0.4, 0.5) is 8.78 Å². The fourth-order valence-electron chi connectivity index (χ4n) is 4.72. The normalized spacial score (nSPS) is 20.3. The molecule has 5 rings (SSSR count). The van der Waals surface area contributed by atoms with Gasteiger partial charge in [-0.05, 0) is 60.2 Å². The van der Waals surface area contributed by atoms with Crippen LogP contribution in [0.15, 0.2) is 48.5 Å². The van der Waals surface area contributed by atoms with E-state index in [1.165, 1.54) is 18.2 Å². The summed E-state index contributed by atoms with van der Waals surface area (Å²) in [7, 11) is 0. The van der Waals surface area contributed by atoms with E-state index in [0.717, 1.165) is 6.42 Å². The Bertz CT molecular complexity index is 1230. The van der Waals surface area contributed by atoms with E-state index in [0.29, 0.717) is 54.3 Å². The lowest BCUT2D eigenvalue weighted by Crippen LogP contribution is -2.43. The Labute approximate surface area is 194 Å². The highest BCUT2D eigenvalue weighted by Crippen LogP contribution is 2.32. The molecule has 2 aromatic carbocycles. The van der Waals surface area contributed by atoms with Crippen molar-refractivity contribution in [2.75, 3.05) is 26.2 Å². The van der Waals surface area contributed by atoms with Crippen LogP contribution in [-0.2, 0) is 4.79 Å². The SMILES string of the molecule is O=C(C=Cc1ccc(OC(F)F)cc1)N1CC2CCN(C(=O)c3ccc4n[nH]nc4c3)CC2C1. The maximum Gasteiger partial charge on any atom is 0.387 e. The molecule has 0 radical (unpaired) electrons. The molecule has 2 aliphatic rings. The molecular formula is C24H23F2N5O3. The fourth-order valence-corrected chi connectivity index (χ4v) is 4.72. The number of alkyl halides is 2. The van der Waals surface area contributed by atoms with Crippen LogP contribution in [-0.4, -0.2) is 69.8 Å². The zero-order valence-corrected chi connectivity index (χ0v) is 18.2. The van der Waals surface area contributed by atoms with Gasteiger partial charge in [-0.1, -0.05) is 12.1 Å². The zero-order valence-electron chi connectivity index (χ0n) is 18.2. The van der Waals surface area contributed by atoms with Crippen molar-refractivity contribution < 1.29 is 23.1 Å². The predicted molar refractivity (Wildman–Crippen MR) is 120 cm³/mol. The first kappa shape index (κ1) is 22.0. The van der Waals surface area contributed by atoms with Crippen LogP contribution < -0.4 is 4.74 Å². The number of hydrogen-bond acceptors (Lipinski definition) is 5. The van der Waals surface area contributed by atoms with Gasteiger partial charge in [0.05, 0.1) is 0 Å². The van der Waals surface area contributed by atoms with E-state index in [-0.39, 0.29) is 23.5 Å². The number of aromatic nitrogens is 3. The van der Waals surface area contributed by atoms with Crippen LogP contribution >= 0.6 is 0 Å². The zero-order chi connectivity index (χ0) is 23.7. The number of rotatable bonds is 5. The van der Waals surface area contributed by atoms with Gasteiger partial charge in [0.2, 0.25) is 5.91 Å². The van der Waals surface area contributed by atoms with Gasteiger partial charge in [0, 0.05) is 37.8 Å². The molecule has 1 aromatic heterocycles. The Morgan fingerprint density at radius 2 is 1.74 bits per heavy atom. The highest BCUT2D eigenvalue weighted by atomic mass is 19.3. The van der Waals surface area contributed by atoms with E-state index < -0.39 is 6.61 Å². The average molecular weight is 467 g/mol. The van der Waals surface area contributed by atoms with Crippen LogP contribution in [0, 0.1) is 11.8 Å². The third-order valence-electron chi connectivity index (χ3n) is 6.49. The molecule has 1 N–H and O–H groups in total. The molecule has 0 spiro atoms. The number of likely N-dealkylation sites (tertiary alicyclic amines) is 2. The molecule has 2 amide bonds. The van der Waals surface area contributed by atoms with Gasteiger partial charge in [-0.3, -0.25) is 9.59 Å². The second kappa shape index (κ2) is 9.20. The Hall–Kier alpha value is -3.82. The van der Waals surface area contributed by atoms with Crippen LogP contribution in [0.2, 0.25) is 0 Å². The molecular weight excluding hydrogens is 444 g/mol. The minimum absolute atomic E-state index is 0.0349. The van der Waals surface area contributed by atoms with E-state index in [4.69, 9.17) is 0 Å². The first-order chi connectivity index (χ1) is 16.5. The Morgan fingerprint density at radius 3 is 2.53 bits per heavy atom. The summed E-state index contributed by atoms with van der Waals surface area (Å²) in [6, 6.07) is 11.4. The van der Waals surface area contributed by atoms with Crippen molar-refractivity contribution in [1.82, 2.24) is 25.2 Å². The molecule has 2 unspecified atom stereocenters. The molecule has 0 aliphatic carbocycles. The molecule has 2 saturated heterocycles. The number of ether oxygens (including phenoxy) is 1. The van der Waals surface area contributed by atoms with Crippen LogP contribution in [0.1, 0.15) is 22.3 Å². The summed E-state index contributed by atoms with van der Waals surface area (Å²) in [6.07, 6.45) is 4.00. The number of carbonyl (C=O) groups is 2. The van der Waals surface area contributed by atoms with Crippen molar-refractivity contribution >= 4 is 28.9 Å². The summed E-state index contributed by atoms with van der Waals surface area (Å²) in [5.41, 5.74) is 2.66. The topological polar surface area (TPSA) is 91.4 Å². The minimum atomic E-state index is -2.87. The lowest BCUT2D eigenvalue weighted by molar-refractivity contribution is -0.125. The van der Waals surface area contributed by atoms with Gasteiger partial charge < -0.3 is 14.5 Å². The monoisotopic (exact) mass is 467 g/mol. The second-order valence-electron chi connectivity index (χ2n) is 8.61. The number of hydrogen-bond donors (Lipinski definition) is 1. The maximum atomic E-state index is 13.0. The lowest BCUT2D eigenvalue weighted by atomic mass is 9.88. The highest BCUT2D eigenvalue weighted by molar-refractivity contribution is 5.97. The molecule has 176 valence electrons. The van der Waals surface area contributed by atoms with Gasteiger partial charge in [0.25, 0.3) is 5.91 Å². The van der Waals surface area contributed by atoms with Crippen molar-refractivity contribution in [3.63, 3.8) is 0 Å². The van der Waals surface area contributed by atoms with Crippen molar-refractivity contribution in [3.05, 3.63) is 59.7 Å². The van der Waals surface area contributed by atoms with Crippen molar-refractivity contribution in [1.29, 1.82) is 0 Å². The molecule has 3 aromatic rings. The van der Waals surface area contributed by atoms with E-state index in [2.05, 4.69) is 20.1 Å². The van der Waals surface area contributed by atoms with Gasteiger partial charge in [0.15, 0.2) is 0 Å². The highest BCUT2D eigenvalue weighted by Gasteiger charge is 2.39. The largest absolute Gasteiger partial charge is 0.435 e. The molecule has 3 heterocycles. The van der Waals surface area contributed by atoms with Crippen molar-refractivity contribution in [2.45, 2.75) is 13.0 Å². The molecule has 0 bridgehead atoms. The van der Waals surface area contributed by atoms with Crippen LogP contribution in [0.5, 0.6) is 5.75 Å². The number of benzene rings is 2. The number of amides is 2. The number of nitrogens with zero attached hydrogens (tertiary/aromatic N) is 4. The smallest absolute Gasteiger partial charge is 0.387 e. The van der Waals surface area contributed by atoms with Crippen molar-refractivity contribution in [2.24, 2.45) is 11.8 Å². The van der Waals surface area contributed by atoms with Crippen LogP contribution in [0.25, 0.3) is 17.1 Å². The number of H-pyrrole nitrogens is 1. The molecule has 10 heteroatoms. The van der Waals surface area contributed by atoms with Gasteiger partial charge in [-0.15, -0.1) is 0 Å². The number of nitrogens with one attached hydrogen (secondary N) is 1. The predicted octanol–water partition coefficient (Wildman–Crippen LogP) is 3.19. The summed E-state index contributed by atoms with van der Waals surface area (Å²) in [6.45, 7) is -0.338. The van der Waals surface area contributed by atoms with Gasteiger partial charge in [0.1, 0.15) is 16.8 Å². The minimum Gasteiger partial charge on any atom is -0.435 e. The summed E-state index contributed by atoms with van der Waals surface area (Å²) in [5.74, 6) is 0.535. The second-order valence-corrected chi connectivity index (χ2v) is 8.61. The van der Waals surface area contributed by atoms with Gasteiger partial charge in [-0.25, -0.2) is 0 Å². The van der Waals surface area contributed by atoms with E-state index in [9.17, 15) is 18.4 Å². The third kappa shape index (κ3) is 4.61. The average Bonchev–Trinajstić information content (AvgIpc) is 3.48. The fraction of sp³-hybridized carbons (Fsp3) is 0.333. The van der Waals surface area contributed by atoms with Crippen LogP contribution in [0.3, 0.4) is 0 Å². The summed E-state index contributed by atoms with van der Waals surface area (Å²) < 4.78 is 28.8. The Morgan fingerprint density at radius 1 is 1.00 bits per heavy atom. The Balaban J connectivity index is 1.18. The van der Waals surface area contributed by atoms with Crippen molar-refractivity contribution in [3.8, 4) is 5.75 Å². The number of piperidine rings is 1. The molecule has 2 fully saturated rings. The summed E-state index contributed by atoms with van der Waals surface area (Å²) in [5, 5.41) is 10.6. The van der Waals surface area contributed by atoms with E-state index in [1.54, 1.807) is 36.4 Å². The molecule has 8 nitrogen and oxygen atoms in total. The van der Waals surface area contributed by atoms with E-state index in [1.807, 2.05) is 9.80 Å². The standard InChI is InChI=1S/C24H23F2N5O3/c25-24(26)34-19-5-1-15(2-6-19)3-8-22(32)31-12-17-9-10-30(13-18(17)14-31)23(33)16-4-7-20-21(11-16)28-29-27-20/h1-8,11,17-18,24H,9-10,12-14H2,(H,27,28,29). The number of carbonyl (C=O) groups excluding carboxylic acids is 2. The molecule has 2 aliphatic heterocycles. The first-order valence-electron chi connectivity index (χ1n) is 11.1. The lowest BCUT2D eigenvalue weighted by Gasteiger charge is -2.34. The van der Waals surface area contributed by atoms with Gasteiger partial charge >= 0.3 is 6.61 Å². The molecule has 2 atom stereocenters. The van der Waals surface area contributed by atoms with E-state index >= 15 is 0 Å². The van der Waals surface area contributed by atoms with Gasteiger partial charge in [-0.2, -0.15) is 24.2 Å². The molecule has 34 heavy (non-hydrogen) atoms. The summed E-state index contributed by atoms with van der Waals surface area (Å²) in [4.78, 5) is 29.4. The number of fused-ring (bicyclic) bond motifs is 2. The Kier molecular flexibility index (Phi) is 5.95. The summed E-state index contributed by atoms with van der Waals surface area (Å²) >= 11 is 0.